The fourth-order valence-corrected chi connectivity index (χ4v) is 4.89. The maximum absolute atomic E-state index is 12.0. The molecule has 1 aromatic heterocycles. The second-order valence-electron chi connectivity index (χ2n) is 6.39. The molecule has 0 bridgehead atoms. The number of carbonyl (C=O) groups excluding carboxylic acids is 1. The molecule has 2 heterocycles. The number of nitrogens with zero attached hydrogens (tertiary/aromatic N) is 2. The molecule has 134 valence electrons. The van der Waals surface area contributed by atoms with Crippen LogP contribution in [0.4, 0.5) is 5.13 Å². The van der Waals surface area contributed by atoms with Gasteiger partial charge in [-0.2, -0.15) is 0 Å². The van der Waals surface area contributed by atoms with Gasteiger partial charge >= 0.3 is 0 Å². The zero-order valence-electron chi connectivity index (χ0n) is 14.0. The number of hydrogen-bond acceptors (Lipinski definition) is 7. The minimum Gasteiger partial charge on any atom is -0.376 e. The highest BCUT2D eigenvalue weighted by Gasteiger charge is 2.17. The first-order valence-electron chi connectivity index (χ1n) is 8.91. The van der Waals surface area contributed by atoms with Gasteiger partial charge in [0.15, 0.2) is 4.34 Å². The average Bonchev–Trinajstić information content (AvgIpc) is 3.25. The Morgan fingerprint density at radius 1 is 1.21 bits per heavy atom. The van der Waals surface area contributed by atoms with Gasteiger partial charge in [0.05, 0.1) is 6.10 Å². The number of ether oxygens (including phenoxy) is 1. The normalized spacial score (nSPS) is 21.8. The summed E-state index contributed by atoms with van der Waals surface area (Å²) in [5.41, 5.74) is 0. The van der Waals surface area contributed by atoms with Crippen LogP contribution in [0.3, 0.4) is 0 Å². The van der Waals surface area contributed by atoms with E-state index >= 15 is 0 Å². The Kier molecular flexibility index (Phi) is 7.16. The lowest BCUT2D eigenvalue weighted by molar-refractivity contribution is -0.121. The van der Waals surface area contributed by atoms with E-state index in [1.807, 2.05) is 0 Å². The Bertz CT molecular complexity index is 514. The fourth-order valence-electron chi connectivity index (χ4n) is 3.12. The molecule has 1 saturated carbocycles. The van der Waals surface area contributed by atoms with Crippen LogP contribution in [-0.2, 0) is 9.53 Å². The summed E-state index contributed by atoms with van der Waals surface area (Å²) in [4.78, 5) is 12.0. The summed E-state index contributed by atoms with van der Waals surface area (Å²) >= 11 is 3.15. The molecule has 1 atom stereocenters. The van der Waals surface area contributed by atoms with Gasteiger partial charge in [0.25, 0.3) is 0 Å². The second-order valence-corrected chi connectivity index (χ2v) is 8.71. The lowest BCUT2D eigenvalue weighted by Gasteiger charge is -2.22. The molecular weight excluding hydrogens is 344 g/mol. The van der Waals surface area contributed by atoms with E-state index in [4.69, 9.17) is 4.74 Å². The lowest BCUT2D eigenvalue weighted by Crippen LogP contribution is -2.36. The molecule has 1 unspecified atom stereocenters. The van der Waals surface area contributed by atoms with E-state index in [1.165, 1.54) is 19.3 Å². The molecular formula is C16H26N4O2S2. The van der Waals surface area contributed by atoms with Gasteiger partial charge in [-0.05, 0) is 25.7 Å². The average molecular weight is 371 g/mol. The number of anilines is 1. The first-order valence-corrected chi connectivity index (χ1v) is 10.7. The molecule has 2 fully saturated rings. The second kappa shape index (κ2) is 9.58. The monoisotopic (exact) mass is 370 g/mol. The predicted molar refractivity (Wildman–Crippen MR) is 97.7 cm³/mol. The Morgan fingerprint density at radius 2 is 2.08 bits per heavy atom. The minimum absolute atomic E-state index is 0.163. The highest BCUT2D eigenvalue weighted by atomic mass is 32.2. The molecule has 3 rings (SSSR count). The highest BCUT2D eigenvalue weighted by molar-refractivity contribution is 8.01. The molecule has 24 heavy (non-hydrogen) atoms. The molecule has 0 aromatic carbocycles. The number of nitrogens with one attached hydrogen (secondary N) is 2. The highest BCUT2D eigenvalue weighted by Crippen LogP contribution is 2.26. The standard InChI is InChI=1S/C16H26N4O2S2/c21-14(18-12-5-2-1-3-6-12)8-10-23-16-20-19-15(24-16)17-11-13-7-4-9-22-13/h12-13H,1-11H2,(H,17,19)(H,18,21). The van der Waals surface area contributed by atoms with E-state index in [-0.39, 0.29) is 5.91 Å². The van der Waals surface area contributed by atoms with Crippen molar-refractivity contribution in [3.8, 4) is 0 Å². The zero-order valence-corrected chi connectivity index (χ0v) is 15.6. The molecule has 0 radical (unpaired) electrons. The number of amides is 1. The summed E-state index contributed by atoms with van der Waals surface area (Å²) in [5.74, 6) is 0.912. The Morgan fingerprint density at radius 3 is 2.88 bits per heavy atom. The van der Waals surface area contributed by atoms with E-state index < -0.39 is 0 Å². The van der Waals surface area contributed by atoms with Crippen molar-refractivity contribution >= 4 is 34.1 Å². The number of rotatable bonds is 8. The molecule has 1 aliphatic carbocycles. The van der Waals surface area contributed by atoms with E-state index in [1.54, 1.807) is 23.1 Å². The Labute approximate surface area is 151 Å². The molecule has 2 aliphatic rings. The first kappa shape index (κ1) is 17.9. The van der Waals surface area contributed by atoms with Gasteiger partial charge in [-0.15, -0.1) is 10.2 Å². The van der Waals surface area contributed by atoms with Crippen molar-refractivity contribution in [3.05, 3.63) is 0 Å². The molecule has 0 spiro atoms. The Balaban J connectivity index is 1.30. The van der Waals surface area contributed by atoms with Crippen LogP contribution < -0.4 is 10.6 Å². The van der Waals surface area contributed by atoms with Gasteiger partial charge in [0, 0.05) is 31.4 Å². The summed E-state index contributed by atoms with van der Waals surface area (Å²) in [6.45, 7) is 1.66. The maximum atomic E-state index is 12.0. The molecule has 1 saturated heterocycles. The number of aromatic nitrogens is 2. The minimum atomic E-state index is 0.163. The maximum Gasteiger partial charge on any atom is 0.221 e. The van der Waals surface area contributed by atoms with Crippen LogP contribution in [0, 0.1) is 0 Å². The fraction of sp³-hybridized carbons (Fsp3) is 0.812. The topological polar surface area (TPSA) is 76.1 Å². The summed E-state index contributed by atoms with van der Waals surface area (Å²) < 4.78 is 6.49. The van der Waals surface area contributed by atoms with Crippen LogP contribution in [0.25, 0.3) is 0 Å². The van der Waals surface area contributed by atoms with Gasteiger partial charge < -0.3 is 15.4 Å². The van der Waals surface area contributed by atoms with Crippen molar-refractivity contribution in [2.45, 2.75) is 67.9 Å². The molecule has 1 aliphatic heterocycles. The van der Waals surface area contributed by atoms with Crippen molar-refractivity contribution in [1.82, 2.24) is 15.5 Å². The molecule has 1 amide bonds. The van der Waals surface area contributed by atoms with Crippen molar-refractivity contribution in [2.24, 2.45) is 0 Å². The van der Waals surface area contributed by atoms with E-state index in [0.29, 0.717) is 18.6 Å². The third kappa shape index (κ3) is 5.89. The number of carbonyl (C=O) groups is 1. The van der Waals surface area contributed by atoms with Crippen LogP contribution in [-0.4, -0.2) is 47.2 Å². The SMILES string of the molecule is O=C(CCSc1nnc(NCC2CCCO2)s1)NC1CCCCC1. The van der Waals surface area contributed by atoms with Gasteiger partial charge in [-0.3, -0.25) is 4.79 Å². The van der Waals surface area contributed by atoms with Crippen LogP contribution >= 0.6 is 23.1 Å². The Hall–Kier alpha value is -0.860. The lowest BCUT2D eigenvalue weighted by atomic mass is 9.95. The molecule has 8 heteroatoms. The van der Waals surface area contributed by atoms with Crippen LogP contribution in [0.2, 0.25) is 0 Å². The van der Waals surface area contributed by atoms with E-state index in [0.717, 1.165) is 54.1 Å². The molecule has 1 aromatic rings. The van der Waals surface area contributed by atoms with Crippen molar-refractivity contribution in [1.29, 1.82) is 0 Å². The summed E-state index contributed by atoms with van der Waals surface area (Å²) in [6.07, 6.45) is 9.16. The van der Waals surface area contributed by atoms with Gasteiger partial charge in [-0.25, -0.2) is 0 Å². The van der Waals surface area contributed by atoms with Crippen molar-refractivity contribution in [2.75, 3.05) is 24.2 Å². The summed E-state index contributed by atoms with van der Waals surface area (Å²) in [6, 6.07) is 0.395. The van der Waals surface area contributed by atoms with Crippen LogP contribution in [0.15, 0.2) is 4.34 Å². The quantitative estimate of drug-likeness (QED) is 0.685. The van der Waals surface area contributed by atoms with Crippen LogP contribution in [0.5, 0.6) is 0 Å². The predicted octanol–water partition coefficient (Wildman–Crippen LogP) is 3.06. The van der Waals surface area contributed by atoms with Gasteiger partial charge in [0.1, 0.15) is 0 Å². The van der Waals surface area contributed by atoms with Gasteiger partial charge in [0.2, 0.25) is 11.0 Å². The third-order valence-electron chi connectivity index (χ3n) is 4.44. The van der Waals surface area contributed by atoms with Gasteiger partial charge in [-0.1, -0.05) is 42.4 Å². The smallest absolute Gasteiger partial charge is 0.221 e. The largest absolute Gasteiger partial charge is 0.376 e. The number of hydrogen-bond donors (Lipinski definition) is 2. The zero-order chi connectivity index (χ0) is 16.6. The third-order valence-corrected chi connectivity index (χ3v) is 6.45. The summed E-state index contributed by atoms with van der Waals surface area (Å²) in [5, 5.41) is 15.6. The molecule has 6 nitrogen and oxygen atoms in total. The van der Waals surface area contributed by atoms with Crippen molar-refractivity contribution in [3.63, 3.8) is 0 Å². The van der Waals surface area contributed by atoms with Crippen LogP contribution in [0.1, 0.15) is 51.4 Å². The van der Waals surface area contributed by atoms with Crippen molar-refractivity contribution < 1.29 is 9.53 Å². The first-order chi connectivity index (χ1) is 11.8. The molecule has 2 N–H and O–H groups in total. The number of thioether (sulfide) groups is 1. The summed E-state index contributed by atoms with van der Waals surface area (Å²) in [7, 11) is 0. The van der Waals surface area contributed by atoms with E-state index in [9.17, 15) is 4.79 Å². The van der Waals surface area contributed by atoms with E-state index in [2.05, 4.69) is 20.8 Å².